The van der Waals surface area contributed by atoms with Crippen molar-refractivity contribution in [3.63, 3.8) is 0 Å². The molecule has 3 nitrogen and oxygen atoms in total. The van der Waals surface area contributed by atoms with Gasteiger partial charge in [-0.15, -0.1) is 0 Å². The number of hydrogen-bond acceptors (Lipinski definition) is 3. The van der Waals surface area contributed by atoms with Crippen LogP contribution < -0.4 is 0 Å². The van der Waals surface area contributed by atoms with Crippen LogP contribution in [-0.2, 0) is 6.42 Å². The van der Waals surface area contributed by atoms with Gasteiger partial charge >= 0.3 is 0 Å². The maximum atomic E-state index is 14.1. The topological polar surface area (TPSA) is 35.8 Å². The van der Waals surface area contributed by atoms with Crippen LogP contribution in [0.4, 0.5) is 8.78 Å². The second kappa shape index (κ2) is 9.03. The van der Waals surface area contributed by atoms with Crippen molar-refractivity contribution >= 4 is 5.84 Å². The molecule has 0 fully saturated rings. The molecule has 0 bridgehead atoms. The van der Waals surface area contributed by atoms with Crippen molar-refractivity contribution in [1.29, 1.82) is 0 Å². The molecule has 1 aliphatic heterocycles. The summed E-state index contributed by atoms with van der Waals surface area (Å²) in [5, 5.41) is 10.3. The highest BCUT2D eigenvalue weighted by molar-refractivity contribution is 6.03. The number of nitrogens with zero attached hydrogens (tertiary/aromatic N) is 2. The Kier molecular flexibility index (Phi) is 6.47. The number of aliphatic imine (C=N–C) groups is 1. The molecule has 5 heteroatoms. The Morgan fingerprint density at radius 3 is 2.41 bits per heavy atom. The lowest BCUT2D eigenvalue weighted by Crippen LogP contribution is -2.36. The zero-order valence-corrected chi connectivity index (χ0v) is 16.9. The number of benzene rings is 2. The highest BCUT2D eigenvalue weighted by atomic mass is 19.1. The van der Waals surface area contributed by atoms with Crippen molar-refractivity contribution in [2.75, 3.05) is 6.54 Å². The van der Waals surface area contributed by atoms with E-state index in [-0.39, 0.29) is 5.82 Å². The molecule has 152 valence electrons. The number of halogens is 2. The van der Waals surface area contributed by atoms with Gasteiger partial charge in [0.25, 0.3) is 0 Å². The zero-order valence-electron chi connectivity index (χ0n) is 16.9. The van der Waals surface area contributed by atoms with E-state index in [0.29, 0.717) is 29.9 Å². The number of rotatable bonds is 7. The molecule has 0 unspecified atom stereocenters. The number of para-hydroxylation sites is 1. The normalized spacial score (nSPS) is 14.4. The number of phenolic OH excluding ortho intramolecular Hbond substituents is 1. The van der Waals surface area contributed by atoms with E-state index in [0.717, 1.165) is 36.2 Å². The van der Waals surface area contributed by atoms with E-state index >= 15 is 0 Å². The molecule has 0 aliphatic carbocycles. The van der Waals surface area contributed by atoms with E-state index in [9.17, 15) is 13.9 Å². The summed E-state index contributed by atoms with van der Waals surface area (Å²) in [6, 6.07) is 11.0. The number of amidine groups is 1. The van der Waals surface area contributed by atoms with E-state index in [1.54, 1.807) is 30.3 Å². The quantitative estimate of drug-likeness (QED) is 0.627. The van der Waals surface area contributed by atoms with Gasteiger partial charge in [0, 0.05) is 17.9 Å². The van der Waals surface area contributed by atoms with Crippen LogP contribution in [0.2, 0.25) is 0 Å². The van der Waals surface area contributed by atoms with E-state index in [1.807, 2.05) is 11.8 Å². The molecule has 2 aromatic carbocycles. The zero-order chi connectivity index (χ0) is 21.0. The maximum absolute atomic E-state index is 14.1. The first kappa shape index (κ1) is 20.8. The molecule has 29 heavy (non-hydrogen) atoms. The van der Waals surface area contributed by atoms with Crippen LogP contribution in [0.5, 0.6) is 5.75 Å². The van der Waals surface area contributed by atoms with E-state index in [2.05, 4.69) is 13.5 Å². The first-order valence-corrected chi connectivity index (χ1v) is 9.96. The first-order valence-electron chi connectivity index (χ1n) is 9.96. The summed E-state index contributed by atoms with van der Waals surface area (Å²) in [5.41, 5.74) is 3.61. The molecule has 2 aromatic rings. The molecule has 3 rings (SSSR count). The summed E-state index contributed by atoms with van der Waals surface area (Å²) in [7, 11) is 0. The molecule has 0 saturated carbocycles. The summed E-state index contributed by atoms with van der Waals surface area (Å²) in [4.78, 5) is 6.66. The van der Waals surface area contributed by atoms with Crippen LogP contribution >= 0.6 is 0 Å². The van der Waals surface area contributed by atoms with Crippen LogP contribution in [0.3, 0.4) is 0 Å². The number of aromatic hydroxyl groups is 1. The lowest BCUT2D eigenvalue weighted by molar-refractivity contribution is 0.427. The van der Waals surface area contributed by atoms with Crippen LogP contribution in [0.1, 0.15) is 44.2 Å². The van der Waals surface area contributed by atoms with Gasteiger partial charge in [0.05, 0.1) is 5.56 Å². The summed E-state index contributed by atoms with van der Waals surface area (Å²) in [6.07, 6.45) is 2.87. The Morgan fingerprint density at radius 1 is 1.00 bits per heavy atom. The molecule has 1 aliphatic rings. The van der Waals surface area contributed by atoms with Gasteiger partial charge in [-0.2, -0.15) is 0 Å². The van der Waals surface area contributed by atoms with E-state index in [4.69, 9.17) is 4.99 Å². The lowest BCUT2D eigenvalue weighted by Gasteiger charge is -2.34. The van der Waals surface area contributed by atoms with Gasteiger partial charge in [0.2, 0.25) is 0 Å². The molecular formula is C24H26F2N2O. The van der Waals surface area contributed by atoms with Gasteiger partial charge in [-0.3, -0.25) is 0 Å². The maximum Gasteiger partial charge on any atom is 0.165 e. The second-order valence-corrected chi connectivity index (χ2v) is 7.04. The standard InChI is InChI=1S/C24H26F2N2O/c1-4-9-22-18(5-2)16(3)28(15-14-17-10-6-7-12-20(17)25)24(27-22)19-11-8-13-21(26)23(19)29/h6-8,10-13,29H,3-5,9,14-15H2,1-2H3. The van der Waals surface area contributed by atoms with Crippen LogP contribution in [0.25, 0.3) is 0 Å². The minimum atomic E-state index is -0.702. The smallest absolute Gasteiger partial charge is 0.165 e. The van der Waals surface area contributed by atoms with Crippen LogP contribution in [0.15, 0.2) is 71.0 Å². The third kappa shape index (κ3) is 4.24. The van der Waals surface area contributed by atoms with Gasteiger partial charge in [-0.25, -0.2) is 13.8 Å². The predicted octanol–water partition coefficient (Wildman–Crippen LogP) is 5.95. The Labute approximate surface area is 170 Å². The summed E-state index contributed by atoms with van der Waals surface area (Å²) in [6.45, 7) is 8.79. The molecule has 1 heterocycles. The lowest BCUT2D eigenvalue weighted by atomic mass is 9.99. The molecule has 1 N–H and O–H groups in total. The van der Waals surface area contributed by atoms with Gasteiger partial charge in [0.15, 0.2) is 11.6 Å². The monoisotopic (exact) mass is 396 g/mol. The molecule has 0 amide bonds. The van der Waals surface area contributed by atoms with Crippen molar-refractivity contribution in [2.24, 2.45) is 4.99 Å². The van der Waals surface area contributed by atoms with Crippen molar-refractivity contribution in [1.82, 2.24) is 4.90 Å². The summed E-state index contributed by atoms with van der Waals surface area (Å²) < 4.78 is 28.2. The Balaban J connectivity index is 2.04. The van der Waals surface area contributed by atoms with Crippen molar-refractivity contribution in [2.45, 2.75) is 39.5 Å². The molecule has 0 radical (unpaired) electrons. The molecule has 0 spiro atoms. The van der Waals surface area contributed by atoms with Crippen molar-refractivity contribution < 1.29 is 13.9 Å². The van der Waals surface area contributed by atoms with Gasteiger partial charge in [-0.05, 0) is 48.6 Å². The third-order valence-corrected chi connectivity index (χ3v) is 5.15. The first-order chi connectivity index (χ1) is 14.0. The average molecular weight is 396 g/mol. The van der Waals surface area contributed by atoms with Gasteiger partial charge in [0.1, 0.15) is 11.7 Å². The Bertz CT molecular complexity index is 979. The molecular weight excluding hydrogens is 370 g/mol. The minimum Gasteiger partial charge on any atom is -0.504 e. The summed E-state index contributed by atoms with van der Waals surface area (Å²) >= 11 is 0. The molecule has 0 aromatic heterocycles. The fourth-order valence-electron chi connectivity index (χ4n) is 3.64. The summed E-state index contributed by atoms with van der Waals surface area (Å²) in [5.74, 6) is -0.956. The average Bonchev–Trinajstić information content (AvgIpc) is 2.71. The van der Waals surface area contributed by atoms with Crippen LogP contribution in [0, 0.1) is 11.6 Å². The highest BCUT2D eigenvalue weighted by Gasteiger charge is 2.28. The predicted molar refractivity (Wildman–Crippen MR) is 113 cm³/mol. The van der Waals surface area contributed by atoms with Crippen molar-refractivity contribution in [3.8, 4) is 5.75 Å². The number of allylic oxidation sites excluding steroid dienone is 2. The fourth-order valence-corrected chi connectivity index (χ4v) is 3.64. The highest BCUT2D eigenvalue weighted by Crippen LogP contribution is 2.34. The van der Waals surface area contributed by atoms with E-state index < -0.39 is 11.6 Å². The molecule has 0 atom stereocenters. The number of phenols is 1. The Hall–Kier alpha value is -2.95. The largest absolute Gasteiger partial charge is 0.504 e. The second-order valence-electron chi connectivity index (χ2n) is 7.04. The van der Waals surface area contributed by atoms with Gasteiger partial charge in [-0.1, -0.05) is 51.1 Å². The van der Waals surface area contributed by atoms with Gasteiger partial charge < -0.3 is 10.0 Å². The van der Waals surface area contributed by atoms with E-state index in [1.165, 1.54) is 12.1 Å². The SMILES string of the molecule is C=C1C(CC)=C(CCC)N=C(c2cccc(F)c2O)N1CCc1ccccc1F. The van der Waals surface area contributed by atoms with Crippen molar-refractivity contribution in [3.05, 3.63) is 88.8 Å². The fraction of sp³-hybridized carbons (Fsp3) is 0.292. The van der Waals surface area contributed by atoms with Crippen LogP contribution in [-0.4, -0.2) is 22.4 Å². The molecule has 0 saturated heterocycles. The third-order valence-electron chi connectivity index (χ3n) is 5.15. The number of hydrogen-bond donors (Lipinski definition) is 1. The Morgan fingerprint density at radius 2 is 1.72 bits per heavy atom. The minimum absolute atomic E-state index is 0.264.